The SMILES string of the molecule is CCCCOc1c2cccc1Cc1cccc(c1OC(C)=O)Cc1cccc(c1OCCCC)Cc1cccc(c1OC(C)=O)C2. The summed E-state index contributed by atoms with van der Waals surface area (Å²) >= 11 is 0. The highest BCUT2D eigenvalue weighted by Crippen LogP contribution is 2.39. The third-order valence-electron chi connectivity index (χ3n) is 8.22. The first-order valence-corrected chi connectivity index (χ1v) is 16.4. The van der Waals surface area contributed by atoms with Crippen LogP contribution >= 0.6 is 0 Å². The van der Waals surface area contributed by atoms with Gasteiger partial charge in [0.05, 0.1) is 13.2 Å². The van der Waals surface area contributed by atoms with Crippen LogP contribution < -0.4 is 18.9 Å². The van der Waals surface area contributed by atoms with Crippen molar-refractivity contribution < 1.29 is 28.5 Å². The van der Waals surface area contributed by atoms with Gasteiger partial charge in [0.15, 0.2) is 0 Å². The molecule has 0 saturated heterocycles. The van der Waals surface area contributed by atoms with E-state index in [0.29, 0.717) is 50.4 Å². The Morgan fingerprint density at radius 2 is 0.739 bits per heavy atom. The molecule has 6 nitrogen and oxygen atoms in total. The van der Waals surface area contributed by atoms with Gasteiger partial charge in [-0.15, -0.1) is 0 Å². The van der Waals surface area contributed by atoms with Crippen LogP contribution in [-0.2, 0) is 35.3 Å². The van der Waals surface area contributed by atoms with Crippen LogP contribution in [0.1, 0.15) is 97.9 Å². The lowest BCUT2D eigenvalue weighted by Crippen LogP contribution is -2.11. The molecule has 240 valence electrons. The number of benzene rings is 4. The Labute approximate surface area is 272 Å². The molecule has 0 heterocycles. The number of para-hydroxylation sites is 4. The lowest BCUT2D eigenvalue weighted by atomic mass is 9.91. The van der Waals surface area contributed by atoms with Gasteiger partial charge in [-0.05, 0) is 57.3 Å². The summed E-state index contributed by atoms with van der Waals surface area (Å²) in [6.07, 6.45) is 5.95. The molecule has 0 saturated carbocycles. The Balaban J connectivity index is 1.75. The van der Waals surface area contributed by atoms with Gasteiger partial charge >= 0.3 is 11.9 Å². The Kier molecular flexibility index (Phi) is 11.1. The van der Waals surface area contributed by atoms with Crippen molar-refractivity contribution in [3.05, 3.63) is 117 Å². The van der Waals surface area contributed by atoms with Crippen LogP contribution in [0.25, 0.3) is 0 Å². The van der Waals surface area contributed by atoms with E-state index in [1.165, 1.54) is 13.8 Å². The highest BCUT2D eigenvalue weighted by molar-refractivity contribution is 5.72. The van der Waals surface area contributed by atoms with Gasteiger partial charge in [0.2, 0.25) is 0 Å². The second-order valence-electron chi connectivity index (χ2n) is 11.9. The van der Waals surface area contributed by atoms with Crippen LogP contribution in [0.5, 0.6) is 23.0 Å². The van der Waals surface area contributed by atoms with E-state index >= 15 is 0 Å². The van der Waals surface area contributed by atoms with E-state index in [0.717, 1.165) is 81.7 Å². The number of hydrogen-bond donors (Lipinski definition) is 0. The molecule has 8 bridgehead atoms. The summed E-state index contributed by atoms with van der Waals surface area (Å²) in [4.78, 5) is 24.9. The predicted octanol–water partition coefficient (Wildman–Crippen LogP) is 8.57. The number of hydrogen-bond acceptors (Lipinski definition) is 6. The fraction of sp³-hybridized carbons (Fsp3) is 0.350. The van der Waals surface area contributed by atoms with E-state index in [-0.39, 0.29) is 11.9 Å². The van der Waals surface area contributed by atoms with Gasteiger partial charge in [-0.1, -0.05) is 99.5 Å². The molecule has 46 heavy (non-hydrogen) atoms. The average Bonchev–Trinajstić information content (AvgIpc) is 3.02. The molecule has 1 aliphatic rings. The summed E-state index contributed by atoms with van der Waals surface area (Å²) in [6.45, 7) is 8.35. The summed E-state index contributed by atoms with van der Waals surface area (Å²) in [5.41, 5.74) is 7.64. The molecule has 0 atom stereocenters. The third kappa shape index (κ3) is 7.97. The van der Waals surface area contributed by atoms with Gasteiger partial charge in [-0.25, -0.2) is 0 Å². The summed E-state index contributed by atoms with van der Waals surface area (Å²) < 4.78 is 24.9. The summed E-state index contributed by atoms with van der Waals surface area (Å²) in [5, 5.41) is 0. The molecular formula is C40H44O6. The maximum atomic E-state index is 12.4. The van der Waals surface area contributed by atoms with Crippen LogP contribution in [0.15, 0.2) is 72.8 Å². The third-order valence-corrected chi connectivity index (χ3v) is 8.22. The number of carbonyl (C=O) groups is 2. The van der Waals surface area contributed by atoms with E-state index in [4.69, 9.17) is 18.9 Å². The molecule has 6 heteroatoms. The fourth-order valence-electron chi connectivity index (χ4n) is 6.04. The van der Waals surface area contributed by atoms with Crippen LogP contribution in [-0.4, -0.2) is 25.2 Å². The van der Waals surface area contributed by atoms with Crippen molar-refractivity contribution in [1.29, 1.82) is 0 Å². The number of fused-ring (bicyclic) bond motifs is 8. The minimum atomic E-state index is -0.360. The first-order valence-electron chi connectivity index (χ1n) is 16.4. The molecule has 4 aromatic rings. The number of unbranched alkanes of at least 4 members (excludes halogenated alkanes) is 2. The number of ether oxygens (including phenoxy) is 4. The van der Waals surface area contributed by atoms with E-state index < -0.39 is 0 Å². The van der Waals surface area contributed by atoms with Gasteiger partial charge in [-0.3, -0.25) is 9.59 Å². The summed E-state index contributed by atoms with van der Waals surface area (Å²) in [6, 6.07) is 24.5. The lowest BCUT2D eigenvalue weighted by molar-refractivity contribution is -0.132. The van der Waals surface area contributed by atoms with Gasteiger partial charge in [0.25, 0.3) is 0 Å². The fourth-order valence-corrected chi connectivity index (χ4v) is 6.04. The van der Waals surface area contributed by atoms with Crippen molar-refractivity contribution in [2.75, 3.05) is 13.2 Å². The van der Waals surface area contributed by atoms with Crippen molar-refractivity contribution in [3.8, 4) is 23.0 Å². The quantitative estimate of drug-likeness (QED) is 0.0885. The van der Waals surface area contributed by atoms with Crippen molar-refractivity contribution in [2.24, 2.45) is 0 Å². The van der Waals surface area contributed by atoms with Crippen LogP contribution in [0, 0.1) is 0 Å². The smallest absolute Gasteiger partial charge is 0.308 e. The molecular weight excluding hydrogens is 576 g/mol. The molecule has 0 unspecified atom stereocenters. The van der Waals surface area contributed by atoms with Crippen molar-refractivity contribution in [2.45, 2.75) is 79.1 Å². The molecule has 0 radical (unpaired) electrons. The van der Waals surface area contributed by atoms with Gasteiger partial charge < -0.3 is 18.9 Å². The molecule has 0 aromatic heterocycles. The maximum absolute atomic E-state index is 12.4. The Morgan fingerprint density at radius 3 is 0.978 bits per heavy atom. The van der Waals surface area contributed by atoms with Gasteiger partial charge in [0, 0.05) is 39.5 Å². The zero-order chi connectivity index (χ0) is 32.5. The minimum Gasteiger partial charge on any atom is -0.493 e. The van der Waals surface area contributed by atoms with E-state index in [2.05, 4.69) is 38.1 Å². The molecule has 0 fully saturated rings. The summed E-state index contributed by atoms with van der Waals surface area (Å²) in [7, 11) is 0. The molecule has 5 rings (SSSR count). The van der Waals surface area contributed by atoms with E-state index in [9.17, 15) is 9.59 Å². The zero-order valence-corrected chi connectivity index (χ0v) is 27.4. The first-order chi connectivity index (χ1) is 22.4. The first kappa shape index (κ1) is 32.8. The van der Waals surface area contributed by atoms with Gasteiger partial charge in [0.1, 0.15) is 23.0 Å². The summed E-state index contributed by atoms with van der Waals surface area (Å²) in [5.74, 6) is 2.08. The molecule has 1 aliphatic carbocycles. The molecule has 0 aliphatic heterocycles. The van der Waals surface area contributed by atoms with E-state index in [1.807, 2.05) is 48.5 Å². The van der Waals surface area contributed by atoms with Crippen LogP contribution in [0.2, 0.25) is 0 Å². The maximum Gasteiger partial charge on any atom is 0.308 e. The molecule has 0 amide bonds. The molecule has 0 spiro atoms. The largest absolute Gasteiger partial charge is 0.493 e. The number of carbonyl (C=O) groups excluding carboxylic acids is 2. The Hall–Kier alpha value is -4.58. The predicted molar refractivity (Wildman–Crippen MR) is 180 cm³/mol. The second-order valence-corrected chi connectivity index (χ2v) is 11.9. The number of esters is 2. The van der Waals surface area contributed by atoms with Gasteiger partial charge in [-0.2, -0.15) is 0 Å². The standard InChI is InChI=1S/C40H44O6/c1-5-7-21-43-37-29-13-9-14-30(37)24-34-18-12-20-36(40(34)46-28(4)42)26-32-16-10-15-31(38(32)44-22-8-6-2)25-35-19-11-17-33(23-29)39(35)45-27(3)41/h9-20H,5-8,21-26H2,1-4H3. The van der Waals surface area contributed by atoms with Crippen molar-refractivity contribution >= 4 is 11.9 Å². The second kappa shape index (κ2) is 15.6. The van der Waals surface area contributed by atoms with Crippen molar-refractivity contribution in [3.63, 3.8) is 0 Å². The highest BCUT2D eigenvalue weighted by atomic mass is 16.5. The van der Waals surface area contributed by atoms with Crippen LogP contribution in [0.4, 0.5) is 0 Å². The van der Waals surface area contributed by atoms with Crippen molar-refractivity contribution in [1.82, 2.24) is 0 Å². The molecule has 4 aromatic carbocycles. The Bertz CT molecular complexity index is 1480. The average molecular weight is 621 g/mol. The topological polar surface area (TPSA) is 71.1 Å². The Morgan fingerprint density at radius 1 is 0.478 bits per heavy atom. The molecule has 0 N–H and O–H groups in total. The minimum absolute atomic E-state index is 0.360. The zero-order valence-electron chi connectivity index (χ0n) is 27.4. The van der Waals surface area contributed by atoms with E-state index in [1.54, 1.807) is 0 Å². The lowest BCUT2D eigenvalue weighted by Gasteiger charge is -2.22. The monoisotopic (exact) mass is 620 g/mol. The normalized spacial score (nSPS) is 12.3. The number of rotatable bonds is 10. The van der Waals surface area contributed by atoms with Crippen LogP contribution in [0.3, 0.4) is 0 Å². The highest BCUT2D eigenvalue weighted by Gasteiger charge is 2.22.